The second kappa shape index (κ2) is 9.10. The fraction of sp³-hybridized carbons (Fsp3) is 0.625. The molecule has 0 saturated heterocycles. The number of benzene rings is 1. The van der Waals surface area contributed by atoms with Crippen LogP contribution in [0, 0.1) is 0 Å². The number of rotatable bonds is 9. The first kappa shape index (κ1) is 19.7. The highest BCUT2D eigenvalue weighted by atomic mass is 19.4. The molecule has 1 unspecified atom stereocenters. The fourth-order valence-corrected chi connectivity index (χ4v) is 2.31. The molecule has 2 atom stereocenters. The number of methoxy groups -OCH3 is 2. The van der Waals surface area contributed by atoms with Crippen molar-refractivity contribution in [3.8, 4) is 5.75 Å². The average Bonchev–Trinajstić information content (AvgIpc) is 2.50. The third-order valence-corrected chi connectivity index (χ3v) is 3.60. The standard InChI is InChI=1S/C16H25F3N2O2/c1-5-14(10-22-3)21(11-16(17,18)19)20-12(2)13-6-8-15(23-4)9-7-13/h6-9,12,14,20H,5,10-11H2,1-4H3/t12?,14-/m1/s1. The second-order valence-electron chi connectivity index (χ2n) is 5.38. The van der Waals surface area contributed by atoms with Crippen LogP contribution in [0.4, 0.5) is 13.2 Å². The lowest BCUT2D eigenvalue weighted by Gasteiger charge is -2.34. The second-order valence-corrected chi connectivity index (χ2v) is 5.38. The fourth-order valence-electron chi connectivity index (χ4n) is 2.31. The molecule has 1 aromatic carbocycles. The minimum absolute atomic E-state index is 0.231. The van der Waals surface area contributed by atoms with Crippen LogP contribution in [-0.2, 0) is 4.74 Å². The SMILES string of the molecule is CC[C@H](COC)N(CC(F)(F)F)NC(C)c1ccc(OC)cc1. The van der Waals surface area contributed by atoms with E-state index in [0.717, 1.165) is 5.56 Å². The van der Waals surface area contributed by atoms with Crippen LogP contribution in [0.1, 0.15) is 31.9 Å². The van der Waals surface area contributed by atoms with Crippen LogP contribution in [0.25, 0.3) is 0 Å². The van der Waals surface area contributed by atoms with Gasteiger partial charge in [0.1, 0.15) is 12.3 Å². The lowest BCUT2D eigenvalue weighted by molar-refractivity contribution is -0.163. The number of nitrogens with zero attached hydrogens (tertiary/aromatic N) is 1. The smallest absolute Gasteiger partial charge is 0.402 e. The van der Waals surface area contributed by atoms with E-state index < -0.39 is 12.7 Å². The molecular formula is C16H25F3N2O2. The Labute approximate surface area is 135 Å². The van der Waals surface area contributed by atoms with Gasteiger partial charge in [0.05, 0.1) is 13.7 Å². The van der Waals surface area contributed by atoms with Gasteiger partial charge in [-0.3, -0.25) is 0 Å². The summed E-state index contributed by atoms with van der Waals surface area (Å²) in [5.41, 5.74) is 3.84. The lowest BCUT2D eigenvalue weighted by Crippen LogP contribution is -2.52. The highest BCUT2D eigenvalue weighted by Crippen LogP contribution is 2.22. The molecule has 1 N–H and O–H groups in total. The van der Waals surface area contributed by atoms with Gasteiger partial charge in [-0.25, -0.2) is 10.4 Å². The van der Waals surface area contributed by atoms with E-state index in [1.54, 1.807) is 19.2 Å². The number of hydrazine groups is 1. The summed E-state index contributed by atoms with van der Waals surface area (Å²) in [5.74, 6) is 0.707. The maximum Gasteiger partial charge on any atom is 0.402 e. The molecule has 0 aliphatic rings. The Balaban J connectivity index is 2.84. The highest BCUT2D eigenvalue weighted by Gasteiger charge is 2.34. The third-order valence-electron chi connectivity index (χ3n) is 3.60. The monoisotopic (exact) mass is 334 g/mol. The first-order valence-corrected chi connectivity index (χ1v) is 7.53. The van der Waals surface area contributed by atoms with Gasteiger partial charge in [-0.05, 0) is 31.0 Å². The van der Waals surface area contributed by atoms with Crippen LogP contribution >= 0.6 is 0 Å². The van der Waals surface area contributed by atoms with Crippen molar-refractivity contribution in [3.05, 3.63) is 29.8 Å². The Hall–Kier alpha value is -1.31. The van der Waals surface area contributed by atoms with E-state index >= 15 is 0 Å². The van der Waals surface area contributed by atoms with Gasteiger partial charge in [0.15, 0.2) is 0 Å². The normalized spacial score (nSPS) is 14.8. The Bertz CT molecular complexity index is 452. The molecule has 7 heteroatoms. The third kappa shape index (κ3) is 6.76. The van der Waals surface area contributed by atoms with Gasteiger partial charge in [-0.2, -0.15) is 13.2 Å². The Morgan fingerprint density at radius 3 is 2.22 bits per heavy atom. The molecule has 1 rings (SSSR count). The molecule has 0 spiro atoms. The van der Waals surface area contributed by atoms with E-state index in [0.29, 0.717) is 12.2 Å². The zero-order chi connectivity index (χ0) is 17.5. The van der Waals surface area contributed by atoms with Crippen LogP contribution in [0.2, 0.25) is 0 Å². The molecule has 0 radical (unpaired) electrons. The van der Waals surface area contributed by atoms with Crippen molar-refractivity contribution in [1.82, 2.24) is 10.4 Å². The number of alkyl halides is 3. The summed E-state index contributed by atoms with van der Waals surface area (Å²) in [4.78, 5) is 0. The van der Waals surface area contributed by atoms with Gasteiger partial charge in [0.2, 0.25) is 0 Å². The summed E-state index contributed by atoms with van der Waals surface area (Å²) >= 11 is 0. The zero-order valence-electron chi connectivity index (χ0n) is 14.0. The summed E-state index contributed by atoms with van der Waals surface area (Å²) in [6, 6.07) is 6.61. The first-order valence-electron chi connectivity index (χ1n) is 7.53. The molecule has 1 aromatic rings. The number of nitrogens with one attached hydrogen (secondary N) is 1. The van der Waals surface area contributed by atoms with Gasteiger partial charge in [0.25, 0.3) is 0 Å². The van der Waals surface area contributed by atoms with Gasteiger partial charge < -0.3 is 9.47 Å². The van der Waals surface area contributed by atoms with Gasteiger partial charge in [-0.15, -0.1) is 0 Å². The maximum atomic E-state index is 12.9. The largest absolute Gasteiger partial charge is 0.497 e. The van der Waals surface area contributed by atoms with Crippen molar-refractivity contribution in [2.45, 2.75) is 38.5 Å². The van der Waals surface area contributed by atoms with Crippen molar-refractivity contribution in [2.75, 3.05) is 27.4 Å². The number of ether oxygens (including phenoxy) is 2. The summed E-state index contributed by atoms with van der Waals surface area (Å²) in [6.45, 7) is 2.86. The quantitative estimate of drug-likeness (QED) is 0.700. The molecule has 0 aromatic heterocycles. The molecule has 0 amide bonds. The van der Waals surface area contributed by atoms with Gasteiger partial charge >= 0.3 is 6.18 Å². The molecule has 4 nitrogen and oxygen atoms in total. The van der Waals surface area contributed by atoms with Crippen molar-refractivity contribution in [1.29, 1.82) is 0 Å². The average molecular weight is 334 g/mol. The molecule has 0 bridgehead atoms. The minimum Gasteiger partial charge on any atom is -0.497 e. The van der Waals surface area contributed by atoms with Crippen molar-refractivity contribution in [2.24, 2.45) is 0 Å². The molecule has 132 valence electrons. The zero-order valence-corrected chi connectivity index (χ0v) is 14.0. The summed E-state index contributed by atoms with van der Waals surface area (Å²) in [7, 11) is 3.06. The van der Waals surface area contributed by atoms with Crippen LogP contribution in [0.3, 0.4) is 0 Å². The molecule has 0 aliphatic carbocycles. The van der Waals surface area contributed by atoms with Crippen molar-refractivity contribution < 1.29 is 22.6 Å². The first-order chi connectivity index (χ1) is 10.8. The van der Waals surface area contributed by atoms with E-state index in [1.807, 2.05) is 26.0 Å². The van der Waals surface area contributed by atoms with Crippen LogP contribution in [-0.4, -0.2) is 44.6 Å². The topological polar surface area (TPSA) is 33.7 Å². The molecule has 0 fully saturated rings. The number of hydrogen-bond acceptors (Lipinski definition) is 4. The molecule has 0 aliphatic heterocycles. The summed E-state index contributed by atoms with van der Waals surface area (Å²) in [6.07, 6.45) is -3.74. The Morgan fingerprint density at radius 1 is 1.17 bits per heavy atom. The lowest BCUT2D eigenvalue weighted by atomic mass is 10.1. The molecule has 0 saturated carbocycles. The van der Waals surface area contributed by atoms with Gasteiger partial charge in [-0.1, -0.05) is 19.1 Å². The molecule has 0 heterocycles. The molecular weight excluding hydrogens is 309 g/mol. The van der Waals surface area contributed by atoms with Crippen LogP contribution in [0.15, 0.2) is 24.3 Å². The minimum atomic E-state index is -4.28. The van der Waals surface area contributed by atoms with Crippen molar-refractivity contribution >= 4 is 0 Å². The predicted octanol–water partition coefficient (Wildman–Crippen LogP) is 3.55. The number of hydrogen-bond donors (Lipinski definition) is 1. The summed E-state index contributed by atoms with van der Waals surface area (Å²) in [5, 5.41) is 1.22. The number of halogens is 3. The highest BCUT2D eigenvalue weighted by molar-refractivity contribution is 5.28. The molecule has 23 heavy (non-hydrogen) atoms. The van der Waals surface area contributed by atoms with Crippen molar-refractivity contribution in [3.63, 3.8) is 0 Å². The summed E-state index contributed by atoms with van der Waals surface area (Å²) < 4.78 is 48.7. The Kier molecular flexibility index (Phi) is 7.81. The Morgan fingerprint density at radius 2 is 1.78 bits per heavy atom. The van der Waals surface area contributed by atoms with E-state index in [9.17, 15) is 13.2 Å². The van der Waals surface area contributed by atoms with Gasteiger partial charge in [0, 0.05) is 19.2 Å². The van der Waals surface area contributed by atoms with Crippen LogP contribution < -0.4 is 10.2 Å². The van der Waals surface area contributed by atoms with E-state index in [4.69, 9.17) is 9.47 Å². The van der Waals surface area contributed by atoms with E-state index in [2.05, 4.69) is 5.43 Å². The predicted molar refractivity (Wildman–Crippen MR) is 83.3 cm³/mol. The van der Waals surface area contributed by atoms with E-state index in [1.165, 1.54) is 12.1 Å². The maximum absolute atomic E-state index is 12.9. The van der Waals surface area contributed by atoms with E-state index in [-0.39, 0.29) is 18.7 Å². The van der Waals surface area contributed by atoms with Crippen LogP contribution in [0.5, 0.6) is 5.75 Å².